The predicted octanol–water partition coefficient (Wildman–Crippen LogP) is 4.17. The van der Waals surface area contributed by atoms with Gasteiger partial charge >= 0.3 is 0 Å². The van der Waals surface area contributed by atoms with Gasteiger partial charge in [-0.25, -0.2) is 0 Å². The molecule has 0 spiro atoms. The fourth-order valence-corrected chi connectivity index (χ4v) is 3.25. The molecule has 0 fully saturated rings. The summed E-state index contributed by atoms with van der Waals surface area (Å²) < 4.78 is 6.42. The second-order valence-electron chi connectivity index (χ2n) is 6.15. The van der Waals surface area contributed by atoms with E-state index in [4.69, 9.17) is 10.5 Å². The maximum Gasteiger partial charge on any atom is 0.124 e. The molecule has 0 saturated carbocycles. The van der Waals surface area contributed by atoms with Crippen molar-refractivity contribution in [1.29, 1.82) is 0 Å². The molecule has 2 aromatic rings. The first-order valence-electron chi connectivity index (χ1n) is 7.71. The van der Waals surface area contributed by atoms with Crippen LogP contribution in [0.25, 0.3) is 0 Å². The SMILES string of the molecule is CCC1(Cc2ccccc2)CC(N)c2cc(C)ccc2O1. The molecule has 2 aromatic carbocycles. The van der Waals surface area contributed by atoms with Gasteiger partial charge in [0.25, 0.3) is 0 Å². The molecule has 0 radical (unpaired) electrons. The van der Waals surface area contributed by atoms with Crippen molar-refractivity contribution >= 4 is 0 Å². The van der Waals surface area contributed by atoms with Crippen molar-refractivity contribution in [3.63, 3.8) is 0 Å². The Kier molecular flexibility index (Phi) is 3.73. The fourth-order valence-electron chi connectivity index (χ4n) is 3.25. The highest BCUT2D eigenvalue weighted by atomic mass is 16.5. The molecule has 0 aliphatic carbocycles. The maximum absolute atomic E-state index is 6.44. The van der Waals surface area contributed by atoms with Crippen LogP contribution >= 0.6 is 0 Å². The van der Waals surface area contributed by atoms with E-state index >= 15 is 0 Å². The third-order valence-corrected chi connectivity index (χ3v) is 4.50. The van der Waals surface area contributed by atoms with Gasteiger partial charge in [-0.2, -0.15) is 0 Å². The summed E-state index contributed by atoms with van der Waals surface area (Å²) in [5.41, 5.74) is 9.94. The average Bonchev–Trinajstić information content (AvgIpc) is 2.49. The normalized spacial score (nSPS) is 24.2. The summed E-state index contributed by atoms with van der Waals surface area (Å²) in [4.78, 5) is 0. The number of nitrogens with two attached hydrogens (primary N) is 1. The Balaban J connectivity index is 1.92. The van der Waals surface area contributed by atoms with Gasteiger partial charge in [0.05, 0.1) is 0 Å². The Hall–Kier alpha value is -1.80. The van der Waals surface area contributed by atoms with E-state index < -0.39 is 0 Å². The molecule has 110 valence electrons. The lowest BCUT2D eigenvalue weighted by Crippen LogP contribution is -2.44. The zero-order valence-electron chi connectivity index (χ0n) is 12.8. The summed E-state index contributed by atoms with van der Waals surface area (Å²) in [7, 11) is 0. The Morgan fingerprint density at radius 3 is 2.67 bits per heavy atom. The van der Waals surface area contributed by atoms with Crippen LogP contribution in [0.1, 0.15) is 42.5 Å². The van der Waals surface area contributed by atoms with Crippen molar-refractivity contribution in [2.24, 2.45) is 5.73 Å². The molecule has 21 heavy (non-hydrogen) atoms. The lowest BCUT2D eigenvalue weighted by Gasteiger charge is -2.41. The Labute approximate surface area is 126 Å². The fraction of sp³-hybridized carbons (Fsp3) is 0.368. The molecule has 3 rings (SSSR count). The standard InChI is InChI=1S/C19H23NO/c1-3-19(12-15-7-5-4-6-8-15)13-17(20)16-11-14(2)9-10-18(16)21-19/h4-11,17H,3,12-13,20H2,1-2H3. The van der Waals surface area contributed by atoms with Crippen LogP contribution in [0.5, 0.6) is 5.75 Å². The minimum absolute atomic E-state index is 0.0531. The molecule has 2 atom stereocenters. The van der Waals surface area contributed by atoms with Crippen molar-refractivity contribution in [1.82, 2.24) is 0 Å². The molecular formula is C19H23NO. The highest BCUT2D eigenvalue weighted by Gasteiger charge is 2.38. The van der Waals surface area contributed by atoms with E-state index in [0.29, 0.717) is 0 Å². The van der Waals surface area contributed by atoms with Gasteiger partial charge in [0.2, 0.25) is 0 Å². The van der Waals surface area contributed by atoms with Gasteiger partial charge in [-0.05, 0) is 25.0 Å². The molecule has 2 N–H and O–H groups in total. The van der Waals surface area contributed by atoms with Crippen LogP contribution < -0.4 is 10.5 Å². The second-order valence-corrected chi connectivity index (χ2v) is 6.15. The van der Waals surface area contributed by atoms with Gasteiger partial charge in [0, 0.05) is 24.4 Å². The molecule has 0 aromatic heterocycles. The first-order valence-corrected chi connectivity index (χ1v) is 7.71. The van der Waals surface area contributed by atoms with Crippen LogP contribution in [0.4, 0.5) is 0 Å². The molecule has 2 unspecified atom stereocenters. The topological polar surface area (TPSA) is 35.2 Å². The van der Waals surface area contributed by atoms with Crippen LogP contribution in [0.15, 0.2) is 48.5 Å². The molecule has 1 aliphatic rings. The van der Waals surface area contributed by atoms with Gasteiger partial charge in [-0.15, -0.1) is 0 Å². The minimum atomic E-state index is -0.191. The quantitative estimate of drug-likeness (QED) is 0.916. The Morgan fingerprint density at radius 2 is 1.95 bits per heavy atom. The zero-order valence-corrected chi connectivity index (χ0v) is 12.8. The molecule has 2 heteroatoms. The molecular weight excluding hydrogens is 258 g/mol. The van der Waals surface area contributed by atoms with E-state index in [-0.39, 0.29) is 11.6 Å². The molecule has 0 bridgehead atoms. The lowest BCUT2D eigenvalue weighted by atomic mass is 9.81. The summed E-state index contributed by atoms with van der Waals surface area (Å²) in [5, 5.41) is 0. The molecule has 0 saturated heterocycles. The van der Waals surface area contributed by atoms with Gasteiger partial charge in [-0.1, -0.05) is 55.0 Å². The zero-order chi connectivity index (χ0) is 14.9. The van der Waals surface area contributed by atoms with Gasteiger partial charge in [-0.3, -0.25) is 0 Å². The number of hydrogen-bond donors (Lipinski definition) is 1. The van der Waals surface area contributed by atoms with Crippen LogP contribution in [-0.2, 0) is 6.42 Å². The number of hydrogen-bond acceptors (Lipinski definition) is 2. The van der Waals surface area contributed by atoms with Gasteiger partial charge < -0.3 is 10.5 Å². The first-order chi connectivity index (χ1) is 10.1. The first kappa shape index (κ1) is 14.2. The summed E-state index contributed by atoms with van der Waals surface area (Å²) in [6.45, 7) is 4.29. The third kappa shape index (κ3) is 2.81. The minimum Gasteiger partial charge on any atom is -0.487 e. The van der Waals surface area contributed by atoms with Crippen molar-refractivity contribution < 1.29 is 4.74 Å². The van der Waals surface area contributed by atoms with Crippen LogP contribution in [-0.4, -0.2) is 5.60 Å². The maximum atomic E-state index is 6.44. The second kappa shape index (κ2) is 5.53. The van der Waals surface area contributed by atoms with E-state index in [9.17, 15) is 0 Å². The Morgan fingerprint density at radius 1 is 1.19 bits per heavy atom. The van der Waals surface area contributed by atoms with Crippen molar-refractivity contribution in [3.8, 4) is 5.75 Å². The number of rotatable bonds is 3. The average molecular weight is 281 g/mol. The third-order valence-electron chi connectivity index (χ3n) is 4.50. The number of fused-ring (bicyclic) bond motifs is 1. The van der Waals surface area contributed by atoms with E-state index in [1.54, 1.807) is 0 Å². The van der Waals surface area contributed by atoms with Gasteiger partial charge in [0.15, 0.2) is 0 Å². The van der Waals surface area contributed by atoms with Crippen molar-refractivity contribution in [2.45, 2.75) is 44.8 Å². The summed E-state index contributed by atoms with van der Waals surface area (Å²) >= 11 is 0. The number of ether oxygens (including phenoxy) is 1. The molecule has 0 amide bonds. The van der Waals surface area contributed by atoms with E-state index in [1.165, 1.54) is 11.1 Å². The summed E-state index contributed by atoms with van der Waals surface area (Å²) in [6, 6.07) is 16.9. The predicted molar refractivity (Wildman–Crippen MR) is 86.5 cm³/mol. The van der Waals surface area contributed by atoms with Crippen LogP contribution in [0.2, 0.25) is 0 Å². The summed E-state index contributed by atoms with van der Waals surface area (Å²) in [6.07, 6.45) is 2.74. The van der Waals surface area contributed by atoms with Crippen molar-refractivity contribution in [3.05, 3.63) is 65.2 Å². The summed E-state index contributed by atoms with van der Waals surface area (Å²) in [5.74, 6) is 0.956. The highest BCUT2D eigenvalue weighted by Crippen LogP contribution is 2.41. The van der Waals surface area contributed by atoms with Crippen LogP contribution in [0.3, 0.4) is 0 Å². The number of aryl methyl sites for hydroxylation is 1. The van der Waals surface area contributed by atoms with E-state index in [2.05, 4.69) is 56.3 Å². The largest absolute Gasteiger partial charge is 0.487 e. The highest BCUT2D eigenvalue weighted by molar-refractivity contribution is 5.42. The van der Waals surface area contributed by atoms with Gasteiger partial charge in [0.1, 0.15) is 11.4 Å². The van der Waals surface area contributed by atoms with Crippen molar-refractivity contribution in [2.75, 3.05) is 0 Å². The molecule has 1 aliphatic heterocycles. The molecule has 1 heterocycles. The van der Waals surface area contributed by atoms with E-state index in [0.717, 1.165) is 30.6 Å². The molecule has 2 nitrogen and oxygen atoms in total. The smallest absolute Gasteiger partial charge is 0.124 e. The van der Waals surface area contributed by atoms with Crippen LogP contribution in [0, 0.1) is 6.92 Å². The monoisotopic (exact) mass is 281 g/mol. The lowest BCUT2D eigenvalue weighted by molar-refractivity contribution is 0.0321. The Bertz CT molecular complexity index is 623. The van der Waals surface area contributed by atoms with E-state index in [1.807, 2.05) is 6.07 Å². The number of benzene rings is 2.